The third-order valence-corrected chi connectivity index (χ3v) is 5.30. The molecule has 8 heteroatoms. The Morgan fingerprint density at radius 3 is 2.50 bits per heavy atom. The minimum absolute atomic E-state index is 0.0781. The van der Waals surface area contributed by atoms with Crippen LogP contribution in [0.1, 0.15) is 23.2 Å². The molecule has 5 N–H and O–H groups in total. The molecule has 1 fully saturated rings. The molecule has 0 atom stereocenters. The van der Waals surface area contributed by atoms with Crippen LogP contribution in [-0.2, 0) is 0 Å². The summed E-state index contributed by atoms with van der Waals surface area (Å²) >= 11 is 1.64. The van der Waals surface area contributed by atoms with Gasteiger partial charge in [-0.1, -0.05) is 0 Å². The first kappa shape index (κ1) is 21.7. The fourth-order valence-electron chi connectivity index (χ4n) is 2.70. The zero-order valence-corrected chi connectivity index (χ0v) is 17.8. The topological polar surface area (TPSA) is 105 Å². The zero-order chi connectivity index (χ0) is 21.6. The van der Waals surface area contributed by atoms with Crippen LogP contribution in [0.5, 0.6) is 17.2 Å². The van der Waals surface area contributed by atoms with E-state index in [2.05, 4.69) is 10.6 Å². The van der Waals surface area contributed by atoms with Gasteiger partial charge in [0.05, 0.1) is 12.2 Å². The first-order valence-electron chi connectivity index (χ1n) is 9.51. The Morgan fingerprint density at radius 2 is 1.90 bits per heavy atom. The Balaban J connectivity index is 1.84. The predicted molar refractivity (Wildman–Crippen MR) is 117 cm³/mol. The van der Waals surface area contributed by atoms with Crippen LogP contribution < -0.4 is 25.5 Å². The van der Waals surface area contributed by atoms with Gasteiger partial charge in [-0.3, -0.25) is 5.41 Å². The van der Waals surface area contributed by atoms with Crippen molar-refractivity contribution < 1.29 is 24.8 Å². The molecule has 1 aliphatic rings. The Kier molecular flexibility index (Phi) is 7.02. The number of nitrogens with one attached hydrogen (secondary N) is 2. The van der Waals surface area contributed by atoms with E-state index in [1.165, 1.54) is 0 Å². The van der Waals surface area contributed by atoms with E-state index in [1.807, 2.05) is 30.5 Å². The fourth-order valence-corrected chi connectivity index (χ4v) is 3.11. The molecule has 1 saturated carbocycles. The summed E-state index contributed by atoms with van der Waals surface area (Å²) in [6.07, 6.45) is 6.70. The van der Waals surface area contributed by atoms with Gasteiger partial charge < -0.3 is 19.9 Å². The number of benzene rings is 2. The molecule has 0 saturated heterocycles. The zero-order valence-electron chi connectivity index (χ0n) is 17.0. The number of ether oxygens (including phenoxy) is 2. The van der Waals surface area contributed by atoms with Crippen molar-refractivity contribution >= 4 is 23.5 Å². The molecule has 0 aromatic heterocycles. The second-order valence-electron chi connectivity index (χ2n) is 6.95. The molecule has 1 aliphatic carbocycles. The number of rotatable bonds is 9. The number of carbonyl (C=O) groups excluding carboxylic acids is 1. The van der Waals surface area contributed by atoms with Crippen molar-refractivity contribution in [3.63, 3.8) is 0 Å². The molecular formula is C22H26N3O4S+. The molecule has 30 heavy (non-hydrogen) atoms. The lowest BCUT2D eigenvalue weighted by atomic mass is 10.1. The fraction of sp³-hybridized carbons (Fsp3) is 0.273. The van der Waals surface area contributed by atoms with Crippen LogP contribution in [-0.4, -0.2) is 42.4 Å². The first-order valence-corrected chi connectivity index (χ1v) is 10.7. The van der Waals surface area contributed by atoms with Crippen molar-refractivity contribution in [1.29, 1.82) is 0 Å². The van der Waals surface area contributed by atoms with E-state index in [-0.39, 0.29) is 12.4 Å². The minimum Gasteiger partial charge on any atom is -0.485 e. The van der Waals surface area contributed by atoms with Crippen molar-refractivity contribution in [2.45, 2.75) is 23.3 Å². The highest BCUT2D eigenvalue weighted by Crippen LogP contribution is 2.41. The third kappa shape index (κ3) is 5.77. The average molecular weight is 429 g/mol. The van der Waals surface area contributed by atoms with E-state index in [1.54, 1.807) is 49.3 Å². The van der Waals surface area contributed by atoms with Crippen LogP contribution in [0, 0.1) is 0 Å². The second-order valence-corrected chi connectivity index (χ2v) is 7.82. The molecule has 0 unspecified atom stereocenters. The lowest BCUT2D eigenvalue weighted by molar-refractivity contribution is -0.115. The van der Waals surface area contributed by atoms with Gasteiger partial charge in [0.1, 0.15) is 22.8 Å². The highest BCUT2D eigenvalue weighted by Gasteiger charge is 2.45. The molecule has 7 nitrogen and oxygen atoms in total. The largest absolute Gasteiger partial charge is 0.485 e. The van der Waals surface area contributed by atoms with Crippen molar-refractivity contribution in [3.8, 4) is 17.2 Å². The summed E-state index contributed by atoms with van der Waals surface area (Å²) in [7, 11) is 1.73. The molecule has 0 radical (unpaired) electrons. The van der Waals surface area contributed by atoms with Gasteiger partial charge in [-0.25, -0.2) is 10.1 Å². The third-order valence-electron chi connectivity index (χ3n) is 4.55. The number of amidine groups is 1. The van der Waals surface area contributed by atoms with E-state index in [4.69, 9.17) is 14.9 Å². The van der Waals surface area contributed by atoms with E-state index < -0.39 is 11.5 Å². The molecule has 3 rings (SSSR count). The Bertz CT molecular complexity index is 940. The van der Waals surface area contributed by atoms with Gasteiger partial charge in [-0.05, 0) is 55.5 Å². The first-order chi connectivity index (χ1) is 14.5. The molecule has 0 heterocycles. The molecular weight excluding hydrogens is 402 g/mol. The van der Waals surface area contributed by atoms with Crippen LogP contribution in [0.15, 0.2) is 59.6 Å². The standard InChI is InChI=1S/C22H25N3O4S/c1-24-10-7-20(23)25-21(27)15-11-17(28-16-3-5-19(30-2)6-4-16)13-18(12-15)29-22(14-26)8-9-22/h3-7,10-13,24,26H,8-9,14H2,1-2H3,(H2,23,25,27)/p+1/b10-7-. The van der Waals surface area contributed by atoms with Gasteiger partial charge >= 0.3 is 5.91 Å². The number of thioether (sulfide) groups is 1. The number of hydrogen-bond donors (Lipinski definition) is 4. The Morgan fingerprint density at radius 1 is 1.20 bits per heavy atom. The summed E-state index contributed by atoms with van der Waals surface area (Å²) in [5.74, 6) is 1.35. The highest BCUT2D eigenvalue weighted by molar-refractivity contribution is 7.98. The number of hydrogen-bond acceptors (Lipinski definition) is 6. The number of aliphatic hydroxyl groups excluding tert-OH is 1. The van der Waals surface area contributed by atoms with Crippen LogP contribution >= 0.6 is 11.8 Å². The molecule has 0 bridgehead atoms. The molecule has 2 aromatic rings. The van der Waals surface area contributed by atoms with E-state index in [9.17, 15) is 9.90 Å². The maximum atomic E-state index is 12.7. The lowest BCUT2D eigenvalue weighted by Crippen LogP contribution is -2.49. The van der Waals surface area contributed by atoms with Crippen LogP contribution in [0.4, 0.5) is 0 Å². The van der Waals surface area contributed by atoms with E-state index >= 15 is 0 Å². The lowest BCUT2D eigenvalue weighted by Gasteiger charge is -2.17. The summed E-state index contributed by atoms with van der Waals surface area (Å²) in [6, 6.07) is 12.6. The highest BCUT2D eigenvalue weighted by atomic mass is 32.2. The van der Waals surface area contributed by atoms with Crippen LogP contribution in [0.2, 0.25) is 0 Å². The van der Waals surface area contributed by atoms with Crippen LogP contribution in [0.25, 0.3) is 0 Å². The molecule has 1 amide bonds. The number of nitrogens with two attached hydrogens (primary N) is 1. The van der Waals surface area contributed by atoms with Crippen LogP contribution in [0.3, 0.4) is 0 Å². The number of carbonyl (C=O) groups is 1. The van der Waals surface area contributed by atoms with Gasteiger partial charge in [0.25, 0.3) is 5.84 Å². The smallest absolute Gasteiger partial charge is 0.339 e. The monoisotopic (exact) mass is 428 g/mol. The van der Waals surface area contributed by atoms with E-state index in [0.717, 1.165) is 17.7 Å². The van der Waals surface area contributed by atoms with Crippen molar-refractivity contribution in [3.05, 3.63) is 60.3 Å². The van der Waals surface area contributed by atoms with Gasteiger partial charge in [-0.2, -0.15) is 0 Å². The van der Waals surface area contributed by atoms with Crippen molar-refractivity contribution in [2.24, 2.45) is 0 Å². The van der Waals surface area contributed by atoms with Gasteiger partial charge in [0.2, 0.25) is 0 Å². The van der Waals surface area contributed by atoms with Gasteiger partial charge in [0, 0.05) is 30.3 Å². The molecule has 0 aliphatic heterocycles. The van der Waals surface area contributed by atoms with Gasteiger partial charge in [-0.15, -0.1) is 11.8 Å². The summed E-state index contributed by atoms with van der Waals surface area (Å²) in [4.78, 5) is 13.8. The summed E-state index contributed by atoms with van der Waals surface area (Å²) in [5, 5.41) is 20.8. The minimum atomic E-state index is -0.576. The molecule has 158 valence electrons. The number of aliphatic hydroxyl groups is 1. The maximum absolute atomic E-state index is 12.7. The average Bonchev–Trinajstić information content (AvgIpc) is 3.52. The van der Waals surface area contributed by atoms with Gasteiger partial charge in [0.15, 0.2) is 0 Å². The SMILES string of the molecule is CN/C=C\C(=[NH2+])NC(=O)c1cc(Oc2ccc(SC)cc2)cc(OC2(CO)CC2)c1. The maximum Gasteiger partial charge on any atom is 0.339 e. The summed E-state index contributed by atoms with van der Waals surface area (Å²) < 4.78 is 11.9. The summed E-state index contributed by atoms with van der Waals surface area (Å²) in [5.41, 5.74) is -0.245. The predicted octanol–water partition coefficient (Wildman–Crippen LogP) is 1.72. The molecule has 0 spiro atoms. The van der Waals surface area contributed by atoms with E-state index in [0.29, 0.717) is 22.8 Å². The Labute approximate surface area is 180 Å². The Hall–Kier alpha value is -2.97. The quantitative estimate of drug-likeness (QED) is 0.275. The second kappa shape index (κ2) is 9.69. The summed E-state index contributed by atoms with van der Waals surface area (Å²) in [6.45, 7) is -0.0781. The van der Waals surface area contributed by atoms with Crippen molar-refractivity contribution in [1.82, 2.24) is 10.6 Å². The molecule has 2 aromatic carbocycles. The number of amides is 1. The normalized spacial score (nSPS) is 14.2. The van der Waals surface area contributed by atoms with Crippen molar-refractivity contribution in [2.75, 3.05) is 19.9 Å².